The van der Waals surface area contributed by atoms with E-state index in [2.05, 4.69) is 69.6 Å². The van der Waals surface area contributed by atoms with Crippen molar-refractivity contribution in [3.8, 4) is 0 Å². The van der Waals surface area contributed by atoms with Crippen molar-refractivity contribution in [3.05, 3.63) is 47.1 Å². The molecule has 3 heterocycles. The van der Waals surface area contributed by atoms with Gasteiger partial charge in [0.2, 0.25) is 5.95 Å². The van der Waals surface area contributed by atoms with Crippen molar-refractivity contribution in [1.29, 1.82) is 0 Å². The summed E-state index contributed by atoms with van der Waals surface area (Å²) in [6.07, 6.45) is 10.6. The minimum Gasteiger partial charge on any atom is -0.444 e. The zero-order valence-electron chi connectivity index (χ0n) is 23.4. The molecule has 1 saturated carbocycles. The van der Waals surface area contributed by atoms with Crippen LogP contribution in [-0.2, 0) is 10.2 Å². The number of benzene rings is 1. The van der Waals surface area contributed by atoms with E-state index in [0.717, 1.165) is 31.7 Å². The second kappa shape index (κ2) is 11.1. The van der Waals surface area contributed by atoms with Crippen LogP contribution in [0.5, 0.6) is 0 Å². The number of anilines is 4. The Balaban J connectivity index is 1.22. The first-order valence-electron chi connectivity index (χ1n) is 14.6. The first-order valence-corrected chi connectivity index (χ1v) is 15.0. The normalized spacial score (nSPS) is 26.9. The number of fused-ring (bicyclic) bond motifs is 3. The minimum absolute atomic E-state index is 0.114. The first kappa shape index (κ1) is 27.1. The predicted octanol–water partition coefficient (Wildman–Crippen LogP) is 5.30. The van der Waals surface area contributed by atoms with E-state index in [9.17, 15) is 4.79 Å². The molecule has 0 radical (unpaired) electrons. The van der Waals surface area contributed by atoms with Gasteiger partial charge in [-0.2, -0.15) is 4.98 Å². The lowest BCUT2D eigenvalue weighted by atomic mass is 9.80. The van der Waals surface area contributed by atoms with Crippen LogP contribution in [0.3, 0.4) is 0 Å². The van der Waals surface area contributed by atoms with E-state index in [4.69, 9.17) is 27.1 Å². The molecule has 10 heteroatoms. The Morgan fingerprint density at radius 3 is 2.75 bits per heavy atom. The summed E-state index contributed by atoms with van der Waals surface area (Å²) in [6.45, 7) is 10.3. The van der Waals surface area contributed by atoms with Crippen LogP contribution in [0.2, 0.25) is 5.02 Å². The second-order valence-electron chi connectivity index (χ2n) is 12.3. The lowest BCUT2D eigenvalue weighted by Gasteiger charge is -2.30. The van der Waals surface area contributed by atoms with Crippen LogP contribution in [0.1, 0.15) is 51.5 Å². The van der Waals surface area contributed by atoms with E-state index in [0.29, 0.717) is 16.8 Å². The molecule has 2 aliphatic carbocycles. The molecule has 2 bridgehead atoms. The van der Waals surface area contributed by atoms with Crippen LogP contribution in [0, 0.1) is 11.8 Å². The van der Waals surface area contributed by atoms with Gasteiger partial charge in [0, 0.05) is 42.8 Å². The lowest BCUT2D eigenvalue weighted by Crippen LogP contribution is -2.41. The van der Waals surface area contributed by atoms with Gasteiger partial charge < -0.3 is 30.9 Å². The van der Waals surface area contributed by atoms with Crippen molar-refractivity contribution in [2.75, 3.05) is 48.3 Å². The van der Waals surface area contributed by atoms with E-state index in [1.54, 1.807) is 6.20 Å². The van der Waals surface area contributed by atoms with E-state index < -0.39 is 6.09 Å². The molecule has 1 aromatic heterocycles. The van der Waals surface area contributed by atoms with Gasteiger partial charge in [-0.25, -0.2) is 9.78 Å². The number of amides is 1. The standard InChI is InChI=1S/C30H40ClN7O2/c1-30(2)10-5-13-38(15-14-37-11-3-4-12-37)24-17-21(8-9-22(24)30)34-29-33-18-23(31)27(36-29)35-25-19-6-7-20(16-19)26(25)40-28(32)39/h6-9,17-20,25-26H,3-5,10-16H2,1-2H3,(H2,32,39)(H2,33,34,35,36)/t19-,20+,25+,26-/m0/s1. The molecular weight excluding hydrogens is 526 g/mol. The number of carbonyl (C=O) groups excluding carboxylic acids is 1. The summed E-state index contributed by atoms with van der Waals surface area (Å²) in [5.74, 6) is 1.32. The van der Waals surface area contributed by atoms with E-state index in [-0.39, 0.29) is 29.4 Å². The van der Waals surface area contributed by atoms with Gasteiger partial charge in [0.15, 0.2) is 5.82 Å². The Morgan fingerprint density at radius 2 is 1.95 bits per heavy atom. The maximum atomic E-state index is 11.5. The Morgan fingerprint density at radius 1 is 1.15 bits per heavy atom. The van der Waals surface area contributed by atoms with Gasteiger partial charge in [0.1, 0.15) is 11.1 Å². The second-order valence-corrected chi connectivity index (χ2v) is 12.7. The van der Waals surface area contributed by atoms with Crippen LogP contribution >= 0.6 is 11.6 Å². The average Bonchev–Trinajstić information content (AvgIpc) is 3.66. The molecule has 4 N–H and O–H groups in total. The number of halogens is 1. The number of nitrogens with one attached hydrogen (secondary N) is 2. The molecule has 214 valence electrons. The molecule has 40 heavy (non-hydrogen) atoms. The summed E-state index contributed by atoms with van der Waals surface area (Å²) in [5, 5.41) is 7.24. The topological polar surface area (TPSA) is 109 Å². The molecule has 2 aromatic rings. The van der Waals surface area contributed by atoms with Crippen molar-refractivity contribution in [1.82, 2.24) is 14.9 Å². The fourth-order valence-electron chi connectivity index (χ4n) is 6.99. The molecule has 1 saturated heterocycles. The van der Waals surface area contributed by atoms with E-state index >= 15 is 0 Å². The highest BCUT2D eigenvalue weighted by atomic mass is 35.5. The highest BCUT2D eigenvalue weighted by Crippen LogP contribution is 2.43. The molecule has 2 aliphatic heterocycles. The smallest absolute Gasteiger partial charge is 0.404 e. The Labute approximate surface area is 241 Å². The zero-order valence-corrected chi connectivity index (χ0v) is 24.2. The fraction of sp³-hybridized carbons (Fsp3) is 0.567. The van der Waals surface area contributed by atoms with Gasteiger partial charge >= 0.3 is 6.09 Å². The molecule has 1 amide bonds. The van der Waals surface area contributed by atoms with E-state index in [1.165, 1.54) is 50.0 Å². The summed E-state index contributed by atoms with van der Waals surface area (Å²) in [5.41, 5.74) is 9.09. The maximum Gasteiger partial charge on any atom is 0.404 e. The molecule has 6 rings (SSSR count). The number of primary amides is 1. The van der Waals surface area contributed by atoms with Crippen molar-refractivity contribution in [2.45, 2.75) is 63.5 Å². The number of likely N-dealkylation sites (tertiary alicyclic amines) is 1. The number of hydrogen-bond acceptors (Lipinski definition) is 8. The van der Waals surface area contributed by atoms with Gasteiger partial charge in [-0.1, -0.05) is 43.7 Å². The Kier molecular flexibility index (Phi) is 7.52. The monoisotopic (exact) mass is 565 g/mol. The average molecular weight is 566 g/mol. The van der Waals surface area contributed by atoms with Crippen molar-refractivity contribution < 1.29 is 9.53 Å². The molecule has 9 nitrogen and oxygen atoms in total. The number of hydrogen-bond donors (Lipinski definition) is 3. The van der Waals surface area contributed by atoms with Crippen molar-refractivity contribution in [3.63, 3.8) is 0 Å². The lowest BCUT2D eigenvalue weighted by molar-refractivity contribution is 0.0853. The number of aromatic nitrogens is 2. The maximum absolute atomic E-state index is 11.5. The van der Waals surface area contributed by atoms with Crippen LogP contribution in [-0.4, -0.2) is 65.8 Å². The largest absolute Gasteiger partial charge is 0.444 e. The third kappa shape index (κ3) is 5.59. The summed E-state index contributed by atoms with van der Waals surface area (Å²) >= 11 is 6.51. The van der Waals surface area contributed by atoms with Gasteiger partial charge in [0.25, 0.3) is 0 Å². The summed E-state index contributed by atoms with van der Waals surface area (Å²) < 4.78 is 5.45. The van der Waals surface area contributed by atoms with Gasteiger partial charge in [-0.15, -0.1) is 0 Å². The first-order chi connectivity index (χ1) is 19.3. The molecule has 4 atom stereocenters. The van der Waals surface area contributed by atoms with Gasteiger partial charge in [0.05, 0.1) is 12.2 Å². The molecule has 2 fully saturated rings. The third-order valence-electron chi connectivity index (χ3n) is 9.13. The molecular formula is C30H40ClN7O2. The fourth-order valence-corrected chi connectivity index (χ4v) is 7.13. The zero-order chi connectivity index (χ0) is 27.9. The third-order valence-corrected chi connectivity index (χ3v) is 9.40. The summed E-state index contributed by atoms with van der Waals surface area (Å²) in [6, 6.07) is 6.47. The van der Waals surface area contributed by atoms with Crippen LogP contribution in [0.25, 0.3) is 0 Å². The molecule has 4 aliphatic rings. The minimum atomic E-state index is -0.769. The summed E-state index contributed by atoms with van der Waals surface area (Å²) in [4.78, 5) is 25.8. The molecule has 0 unspecified atom stereocenters. The van der Waals surface area contributed by atoms with Gasteiger partial charge in [-0.05, 0) is 68.3 Å². The Bertz CT molecular complexity index is 1280. The summed E-state index contributed by atoms with van der Waals surface area (Å²) in [7, 11) is 0. The highest BCUT2D eigenvalue weighted by molar-refractivity contribution is 6.32. The number of rotatable bonds is 8. The van der Waals surface area contributed by atoms with Gasteiger partial charge in [-0.3, -0.25) is 0 Å². The number of nitrogens with zero attached hydrogens (tertiary/aromatic N) is 4. The number of ether oxygens (including phenoxy) is 1. The Hall–Kier alpha value is -3.04. The van der Waals surface area contributed by atoms with Crippen LogP contribution < -0.4 is 21.3 Å². The van der Waals surface area contributed by atoms with Crippen LogP contribution in [0.4, 0.5) is 27.9 Å². The molecule has 0 spiro atoms. The number of nitrogens with two attached hydrogens (primary N) is 1. The van der Waals surface area contributed by atoms with Crippen molar-refractivity contribution in [2.24, 2.45) is 17.6 Å². The quantitative estimate of drug-likeness (QED) is 0.370. The number of carbonyl (C=O) groups is 1. The predicted molar refractivity (Wildman–Crippen MR) is 160 cm³/mol. The molecule has 1 aromatic carbocycles. The SMILES string of the molecule is CC1(C)CCCN(CCN2CCCC2)c2cc(Nc3ncc(Cl)c(N[C@H]4[C@@H](OC(N)=O)[C@@H]5C=C[C@H]4C5)n3)ccc21. The highest BCUT2D eigenvalue weighted by Gasteiger charge is 2.47. The van der Waals surface area contributed by atoms with Crippen molar-refractivity contribution >= 4 is 40.8 Å². The van der Waals surface area contributed by atoms with E-state index in [1.807, 2.05) is 0 Å². The van der Waals surface area contributed by atoms with Crippen LogP contribution in [0.15, 0.2) is 36.5 Å².